The molecule has 82 valence electrons. The van der Waals surface area contributed by atoms with Gasteiger partial charge in [-0.25, -0.2) is 4.98 Å². The van der Waals surface area contributed by atoms with Crippen molar-refractivity contribution in [1.29, 1.82) is 0 Å². The lowest BCUT2D eigenvalue weighted by Crippen LogP contribution is -2.10. The van der Waals surface area contributed by atoms with Gasteiger partial charge in [0.15, 0.2) is 0 Å². The number of rotatable bonds is 1. The summed E-state index contributed by atoms with van der Waals surface area (Å²) in [5.41, 5.74) is 8.16. The van der Waals surface area contributed by atoms with Crippen molar-refractivity contribution in [1.82, 2.24) is 4.98 Å². The molecule has 0 atom stereocenters. The van der Waals surface area contributed by atoms with Gasteiger partial charge in [0.25, 0.3) is 0 Å². The summed E-state index contributed by atoms with van der Waals surface area (Å²) in [4.78, 5) is 4.53. The first-order valence-electron chi connectivity index (χ1n) is 5.63. The smallest absolute Gasteiger partial charge is 0.138 e. The SMILES string of the molecule is Nc1ccc2nc(C3CCC3)c(O)cc2c1. The van der Waals surface area contributed by atoms with Crippen LogP contribution in [-0.2, 0) is 0 Å². The van der Waals surface area contributed by atoms with E-state index >= 15 is 0 Å². The molecule has 1 aliphatic rings. The van der Waals surface area contributed by atoms with E-state index in [0.717, 1.165) is 29.4 Å². The minimum absolute atomic E-state index is 0.308. The van der Waals surface area contributed by atoms with Crippen LogP contribution in [0.2, 0.25) is 0 Å². The van der Waals surface area contributed by atoms with E-state index in [4.69, 9.17) is 5.73 Å². The molecule has 1 fully saturated rings. The highest BCUT2D eigenvalue weighted by atomic mass is 16.3. The molecule has 1 saturated carbocycles. The number of hydrogen-bond acceptors (Lipinski definition) is 3. The molecule has 3 nitrogen and oxygen atoms in total. The predicted molar refractivity (Wildman–Crippen MR) is 64.4 cm³/mol. The molecule has 3 rings (SSSR count). The van der Waals surface area contributed by atoms with E-state index in [1.807, 2.05) is 18.2 Å². The van der Waals surface area contributed by atoms with Gasteiger partial charge >= 0.3 is 0 Å². The Balaban J connectivity index is 2.17. The van der Waals surface area contributed by atoms with Gasteiger partial charge in [0.2, 0.25) is 0 Å². The van der Waals surface area contributed by atoms with Crippen molar-refractivity contribution < 1.29 is 5.11 Å². The maximum atomic E-state index is 9.93. The summed E-state index contributed by atoms with van der Waals surface area (Å²) in [6.45, 7) is 0. The van der Waals surface area contributed by atoms with Crippen LogP contribution in [0.15, 0.2) is 24.3 Å². The fraction of sp³-hybridized carbons (Fsp3) is 0.308. The fourth-order valence-electron chi connectivity index (χ4n) is 2.18. The first-order chi connectivity index (χ1) is 7.74. The zero-order chi connectivity index (χ0) is 11.1. The standard InChI is InChI=1S/C13H14N2O/c14-10-4-5-11-9(6-10)7-12(16)13(15-11)8-2-1-3-8/h4-8,16H,1-3,14H2. The van der Waals surface area contributed by atoms with Crippen molar-refractivity contribution >= 4 is 16.6 Å². The fourth-order valence-corrected chi connectivity index (χ4v) is 2.18. The van der Waals surface area contributed by atoms with Crippen LogP contribution in [-0.4, -0.2) is 10.1 Å². The number of anilines is 1. The molecule has 0 bridgehead atoms. The van der Waals surface area contributed by atoms with E-state index in [0.29, 0.717) is 17.4 Å². The van der Waals surface area contributed by atoms with E-state index < -0.39 is 0 Å². The molecule has 1 aliphatic carbocycles. The van der Waals surface area contributed by atoms with Crippen molar-refractivity contribution in [2.24, 2.45) is 0 Å². The lowest BCUT2D eigenvalue weighted by Gasteiger charge is -2.25. The number of nitrogens with two attached hydrogens (primary N) is 1. The van der Waals surface area contributed by atoms with Crippen molar-refractivity contribution in [2.45, 2.75) is 25.2 Å². The summed E-state index contributed by atoms with van der Waals surface area (Å²) < 4.78 is 0. The van der Waals surface area contributed by atoms with Crippen molar-refractivity contribution in [3.05, 3.63) is 30.0 Å². The van der Waals surface area contributed by atoms with Gasteiger partial charge in [-0.3, -0.25) is 0 Å². The molecule has 3 heteroatoms. The minimum Gasteiger partial charge on any atom is -0.506 e. The molecular weight excluding hydrogens is 200 g/mol. The van der Waals surface area contributed by atoms with E-state index in [2.05, 4.69) is 4.98 Å². The topological polar surface area (TPSA) is 59.1 Å². The maximum Gasteiger partial charge on any atom is 0.138 e. The van der Waals surface area contributed by atoms with Gasteiger partial charge < -0.3 is 10.8 Å². The number of aromatic hydroxyl groups is 1. The normalized spacial score (nSPS) is 16.2. The van der Waals surface area contributed by atoms with Gasteiger partial charge in [0.05, 0.1) is 11.2 Å². The van der Waals surface area contributed by atoms with Crippen molar-refractivity contribution in [2.75, 3.05) is 5.73 Å². The highest BCUT2D eigenvalue weighted by Crippen LogP contribution is 2.40. The average Bonchev–Trinajstić information content (AvgIpc) is 2.16. The average molecular weight is 214 g/mol. The molecule has 2 aromatic rings. The second-order valence-electron chi connectivity index (χ2n) is 4.47. The van der Waals surface area contributed by atoms with Gasteiger partial charge in [0.1, 0.15) is 5.75 Å². The number of nitrogens with zero attached hydrogens (tertiary/aromatic N) is 1. The highest BCUT2D eigenvalue weighted by Gasteiger charge is 2.24. The third-order valence-electron chi connectivity index (χ3n) is 3.34. The summed E-state index contributed by atoms with van der Waals surface area (Å²) >= 11 is 0. The monoisotopic (exact) mass is 214 g/mol. The quantitative estimate of drug-likeness (QED) is 0.717. The number of nitrogen functional groups attached to an aromatic ring is 1. The van der Waals surface area contributed by atoms with Gasteiger partial charge in [-0.1, -0.05) is 6.42 Å². The molecule has 1 aromatic heterocycles. The second-order valence-corrected chi connectivity index (χ2v) is 4.47. The Kier molecular flexibility index (Phi) is 1.99. The van der Waals surface area contributed by atoms with Crippen LogP contribution >= 0.6 is 0 Å². The number of hydrogen-bond donors (Lipinski definition) is 2. The molecule has 1 heterocycles. The number of pyridine rings is 1. The highest BCUT2D eigenvalue weighted by molar-refractivity contribution is 5.83. The molecule has 0 amide bonds. The molecule has 1 aromatic carbocycles. The van der Waals surface area contributed by atoms with Crippen LogP contribution in [0.25, 0.3) is 10.9 Å². The lowest BCUT2D eigenvalue weighted by molar-refractivity contribution is 0.385. The Morgan fingerprint density at radius 1 is 1.25 bits per heavy atom. The summed E-state index contributed by atoms with van der Waals surface area (Å²) in [5, 5.41) is 10.8. The van der Waals surface area contributed by atoms with E-state index in [-0.39, 0.29) is 0 Å². The Morgan fingerprint density at radius 2 is 2.06 bits per heavy atom. The molecule has 0 saturated heterocycles. The van der Waals surface area contributed by atoms with E-state index in [1.165, 1.54) is 6.42 Å². The zero-order valence-electron chi connectivity index (χ0n) is 8.98. The van der Waals surface area contributed by atoms with E-state index in [1.54, 1.807) is 6.07 Å². The van der Waals surface area contributed by atoms with Crippen molar-refractivity contribution in [3.8, 4) is 5.75 Å². The van der Waals surface area contributed by atoms with Crippen LogP contribution in [0.1, 0.15) is 30.9 Å². The summed E-state index contributed by atoms with van der Waals surface area (Å²) in [6.07, 6.45) is 3.52. The Morgan fingerprint density at radius 3 is 2.75 bits per heavy atom. The van der Waals surface area contributed by atoms with Gasteiger partial charge in [-0.15, -0.1) is 0 Å². The van der Waals surface area contributed by atoms with Gasteiger partial charge in [-0.05, 0) is 37.1 Å². The van der Waals surface area contributed by atoms with Crippen LogP contribution in [0, 0.1) is 0 Å². The van der Waals surface area contributed by atoms with E-state index in [9.17, 15) is 5.11 Å². The number of benzene rings is 1. The molecule has 3 N–H and O–H groups in total. The number of fused-ring (bicyclic) bond motifs is 1. The Bertz CT molecular complexity index is 547. The minimum atomic E-state index is 0.308. The lowest BCUT2D eigenvalue weighted by atomic mass is 9.82. The van der Waals surface area contributed by atoms with Crippen LogP contribution in [0.5, 0.6) is 5.75 Å². The molecule has 16 heavy (non-hydrogen) atoms. The van der Waals surface area contributed by atoms with Gasteiger partial charge in [-0.2, -0.15) is 0 Å². The molecular formula is C13H14N2O. The number of aromatic nitrogens is 1. The van der Waals surface area contributed by atoms with Crippen LogP contribution in [0.4, 0.5) is 5.69 Å². The zero-order valence-corrected chi connectivity index (χ0v) is 8.98. The summed E-state index contributed by atoms with van der Waals surface area (Å²) in [5.74, 6) is 0.754. The second kappa shape index (κ2) is 3.37. The van der Waals surface area contributed by atoms with Crippen molar-refractivity contribution in [3.63, 3.8) is 0 Å². The van der Waals surface area contributed by atoms with Crippen LogP contribution < -0.4 is 5.73 Å². The Hall–Kier alpha value is -1.77. The molecule has 0 unspecified atom stereocenters. The Labute approximate surface area is 93.9 Å². The largest absolute Gasteiger partial charge is 0.506 e. The summed E-state index contributed by atoms with van der Waals surface area (Å²) in [7, 11) is 0. The molecule has 0 radical (unpaired) electrons. The summed E-state index contributed by atoms with van der Waals surface area (Å²) in [6, 6.07) is 7.36. The third kappa shape index (κ3) is 1.40. The van der Waals surface area contributed by atoms with Crippen LogP contribution in [0.3, 0.4) is 0 Å². The first kappa shape index (κ1) is 9.46. The predicted octanol–water partition coefficient (Wildman–Crippen LogP) is 2.79. The maximum absolute atomic E-state index is 9.93. The first-order valence-corrected chi connectivity index (χ1v) is 5.63. The molecule has 0 spiro atoms. The van der Waals surface area contributed by atoms with Gasteiger partial charge in [0, 0.05) is 17.0 Å². The molecule has 0 aliphatic heterocycles. The third-order valence-corrected chi connectivity index (χ3v) is 3.34.